The van der Waals surface area contributed by atoms with Gasteiger partial charge in [0.2, 0.25) is 5.95 Å². The smallest absolute Gasteiger partial charge is 0.387 e. The number of nitrogens with one attached hydrogen (secondary N) is 1. The molecule has 0 bridgehead atoms. The van der Waals surface area contributed by atoms with Gasteiger partial charge in [0.1, 0.15) is 12.1 Å². The molecule has 1 aliphatic heterocycles. The third-order valence-corrected chi connectivity index (χ3v) is 4.65. The van der Waals surface area contributed by atoms with Crippen LogP contribution < -0.4 is 10.1 Å². The number of benzene rings is 2. The number of alkyl halides is 2. The van der Waals surface area contributed by atoms with E-state index in [4.69, 9.17) is 16.3 Å². The predicted molar refractivity (Wildman–Crippen MR) is 93.7 cm³/mol. The summed E-state index contributed by atoms with van der Waals surface area (Å²) in [5.41, 5.74) is 1.67. The average Bonchev–Trinajstić information content (AvgIpc) is 3.10. The summed E-state index contributed by atoms with van der Waals surface area (Å²) < 4.78 is 32.0. The molecular weight excluding hydrogens is 362 g/mol. The van der Waals surface area contributed by atoms with Gasteiger partial charge >= 0.3 is 6.61 Å². The normalized spacial score (nSPS) is 19.1. The highest BCUT2D eigenvalue weighted by Crippen LogP contribution is 2.40. The first-order valence-corrected chi connectivity index (χ1v) is 8.45. The SMILES string of the molecule is FC(F)Oc1ccccc1[C@@H]1C[C@@H](c2ccc(Cl)cc2)Nc2ncnn21. The number of para-hydroxylation sites is 1. The van der Waals surface area contributed by atoms with E-state index in [2.05, 4.69) is 15.4 Å². The van der Waals surface area contributed by atoms with E-state index < -0.39 is 6.61 Å². The molecule has 3 aromatic rings. The maximum atomic E-state index is 12.8. The number of hydrogen-bond acceptors (Lipinski definition) is 4. The molecule has 0 spiro atoms. The molecule has 0 radical (unpaired) electrons. The van der Waals surface area contributed by atoms with Crippen LogP contribution in [-0.2, 0) is 0 Å². The molecular formula is C18H15ClF2N4O. The number of fused-ring (bicyclic) bond motifs is 1. The van der Waals surface area contributed by atoms with Gasteiger partial charge in [0, 0.05) is 10.6 Å². The molecule has 0 saturated carbocycles. The number of nitrogens with zero attached hydrogens (tertiary/aromatic N) is 3. The van der Waals surface area contributed by atoms with Crippen molar-refractivity contribution in [1.82, 2.24) is 14.8 Å². The van der Waals surface area contributed by atoms with Crippen molar-refractivity contribution in [3.63, 3.8) is 0 Å². The lowest BCUT2D eigenvalue weighted by atomic mass is 9.93. The zero-order valence-corrected chi connectivity index (χ0v) is 14.3. The van der Waals surface area contributed by atoms with Crippen LogP contribution in [0.5, 0.6) is 5.75 Å². The summed E-state index contributed by atoms with van der Waals surface area (Å²) in [5.74, 6) is 0.721. The Balaban J connectivity index is 1.73. The lowest BCUT2D eigenvalue weighted by Gasteiger charge is -2.32. The van der Waals surface area contributed by atoms with Gasteiger partial charge in [-0.25, -0.2) is 4.68 Å². The number of hydrogen-bond donors (Lipinski definition) is 1. The van der Waals surface area contributed by atoms with Gasteiger partial charge in [0.25, 0.3) is 0 Å². The fraction of sp³-hybridized carbons (Fsp3) is 0.222. The van der Waals surface area contributed by atoms with Crippen molar-refractivity contribution in [3.05, 3.63) is 71.0 Å². The van der Waals surface area contributed by atoms with Crippen molar-refractivity contribution in [2.24, 2.45) is 0 Å². The molecule has 2 heterocycles. The minimum atomic E-state index is -2.89. The molecule has 2 aromatic carbocycles. The highest BCUT2D eigenvalue weighted by molar-refractivity contribution is 6.30. The van der Waals surface area contributed by atoms with E-state index in [0.29, 0.717) is 23.0 Å². The minimum Gasteiger partial charge on any atom is -0.434 e. The van der Waals surface area contributed by atoms with Crippen molar-refractivity contribution in [1.29, 1.82) is 0 Å². The molecule has 0 aliphatic carbocycles. The van der Waals surface area contributed by atoms with E-state index in [0.717, 1.165) is 5.56 Å². The molecule has 4 rings (SSSR count). The quantitative estimate of drug-likeness (QED) is 0.718. The van der Waals surface area contributed by atoms with Crippen LogP contribution in [0.15, 0.2) is 54.9 Å². The molecule has 8 heteroatoms. The molecule has 1 N–H and O–H groups in total. The van der Waals surface area contributed by atoms with Gasteiger partial charge < -0.3 is 10.1 Å². The molecule has 2 atom stereocenters. The summed E-state index contributed by atoms with van der Waals surface area (Å²) in [5, 5.41) is 8.24. The van der Waals surface area contributed by atoms with Gasteiger partial charge in [-0.15, -0.1) is 0 Å². The Morgan fingerprint density at radius 3 is 2.69 bits per heavy atom. The molecule has 1 aliphatic rings. The van der Waals surface area contributed by atoms with E-state index in [-0.39, 0.29) is 17.8 Å². The number of halogens is 3. The Labute approximate surface area is 153 Å². The minimum absolute atomic E-state index is 0.0615. The molecule has 5 nitrogen and oxygen atoms in total. The van der Waals surface area contributed by atoms with E-state index in [1.54, 1.807) is 22.9 Å². The third kappa shape index (κ3) is 3.22. The van der Waals surface area contributed by atoms with Gasteiger partial charge in [0.05, 0.1) is 12.1 Å². The van der Waals surface area contributed by atoms with Gasteiger partial charge in [-0.1, -0.05) is 41.9 Å². The molecule has 134 valence electrons. The van der Waals surface area contributed by atoms with E-state index >= 15 is 0 Å². The van der Waals surface area contributed by atoms with Gasteiger partial charge in [0.15, 0.2) is 0 Å². The van der Waals surface area contributed by atoms with Crippen LogP contribution in [0.25, 0.3) is 0 Å². The first-order chi connectivity index (χ1) is 12.6. The van der Waals surface area contributed by atoms with Crippen LogP contribution in [0.2, 0.25) is 5.02 Å². The molecule has 0 fully saturated rings. The highest BCUT2D eigenvalue weighted by atomic mass is 35.5. The van der Waals surface area contributed by atoms with Crippen molar-refractivity contribution in [3.8, 4) is 5.75 Å². The zero-order valence-electron chi connectivity index (χ0n) is 13.5. The summed E-state index contributed by atoms with van der Waals surface area (Å²) >= 11 is 5.97. The molecule has 0 saturated heterocycles. The Morgan fingerprint density at radius 2 is 1.92 bits per heavy atom. The Morgan fingerprint density at radius 1 is 1.15 bits per heavy atom. The van der Waals surface area contributed by atoms with Crippen LogP contribution in [0.3, 0.4) is 0 Å². The second-order valence-corrected chi connectivity index (χ2v) is 6.38. The molecule has 0 amide bonds. The Hall–Kier alpha value is -2.67. The summed E-state index contributed by atoms with van der Waals surface area (Å²) in [4.78, 5) is 4.24. The van der Waals surface area contributed by atoms with Crippen LogP contribution in [0.4, 0.5) is 14.7 Å². The highest BCUT2D eigenvalue weighted by Gasteiger charge is 2.31. The Kier molecular flexibility index (Phi) is 4.46. The van der Waals surface area contributed by atoms with Crippen LogP contribution in [0.1, 0.15) is 29.6 Å². The standard InChI is InChI=1S/C18H15ClF2N4O/c19-12-7-5-11(6-8-12)14-9-15(25-18(24-14)22-10-23-25)13-3-1-2-4-16(13)26-17(20)21/h1-8,10,14-15,17H,9H2,(H,22,23,24)/t14-,15-/m0/s1. The van der Waals surface area contributed by atoms with E-state index in [1.807, 2.05) is 24.3 Å². The van der Waals surface area contributed by atoms with Crippen molar-refractivity contribution in [2.75, 3.05) is 5.32 Å². The van der Waals surface area contributed by atoms with E-state index in [1.165, 1.54) is 12.4 Å². The summed E-state index contributed by atoms with van der Waals surface area (Å²) in [6.07, 6.45) is 2.04. The third-order valence-electron chi connectivity index (χ3n) is 4.40. The maximum absolute atomic E-state index is 12.8. The number of ether oxygens (including phenoxy) is 1. The topological polar surface area (TPSA) is 52.0 Å². The molecule has 0 unspecified atom stereocenters. The van der Waals surface area contributed by atoms with Crippen molar-refractivity contribution in [2.45, 2.75) is 25.1 Å². The maximum Gasteiger partial charge on any atom is 0.387 e. The van der Waals surface area contributed by atoms with Crippen molar-refractivity contribution < 1.29 is 13.5 Å². The monoisotopic (exact) mass is 376 g/mol. The summed E-state index contributed by atoms with van der Waals surface area (Å²) in [6.45, 7) is -2.89. The zero-order chi connectivity index (χ0) is 18.1. The van der Waals surface area contributed by atoms with Crippen LogP contribution in [0, 0.1) is 0 Å². The Bertz CT molecular complexity index is 900. The van der Waals surface area contributed by atoms with Gasteiger partial charge in [-0.05, 0) is 30.2 Å². The first kappa shape index (κ1) is 16.8. The van der Waals surface area contributed by atoms with Crippen molar-refractivity contribution >= 4 is 17.5 Å². The summed E-state index contributed by atoms with van der Waals surface area (Å²) in [6, 6.07) is 13.9. The number of rotatable bonds is 4. The van der Waals surface area contributed by atoms with Gasteiger partial charge in [-0.2, -0.15) is 18.9 Å². The summed E-state index contributed by atoms with van der Waals surface area (Å²) in [7, 11) is 0. The molecule has 26 heavy (non-hydrogen) atoms. The largest absolute Gasteiger partial charge is 0.434 e. The average molecular weight is 377 g/mol. The molecule has 1 aromatic heterocycles. The lowest BCUT2D eigenvalue weighted by Crippen LogP contribution is -2.28. The number of aromatic nitrogens is 3. The fourth-order valence-electron chi connectivity index (χ4n) is 3.25. The lowest BCUT2D eigenvalue weighted by molar-refractivity contribution is -0.0507. The van der Waals surface area contributed by atoms with E-state index in [9.17, 15) is 8.78 Å². The number of anilines is 1. The first-order valence-electron chi connectivity index (χ1n) is 8.07. The second kappa shape index (κ2) is 6.92. The van der Waals surface area contributed by atoms with Crippen LogP contribution in [-0.4, -0.2) is 21.4 Å². The fourth-order valence-corrected chi connectivity index (χ4v) is 3.38. The predicted octanol–water partition coefficient (Wildman–Crippen LogP) is 4.68. The van der Waals surface area contributed by atoms with Gasteiger partial charge in [-0.3, -0.25) is 0 Å². The second-order valence-electron chi connectivity index (χ2n) is 5.94. The van der Waals surface area contributed by atoms with Crippen LogP contribution >= 0.6 is 11.6 Å².